The van der Waals surface area contributed by atoms with Crippen LogP contribution in [0, 0.1) is 0 Å². The van der Waals surface area contributed by atoms with Crippen LogP contribution in [0.25, 0.3) is 0 Å². The van der Waals surface area contributed by atoms with Crippen LogP contribution in [-0.4, -0.2) is 36.5 Å². The Bertz CT molecular complexity index is 169. The van der Waals surface area contributed by atoms with Gasteiger partial charge in [0.15, 0.2) is 0 Å². The second kappa shape index (κ2) is 5.50. The van der Waals surface area contributed by atoms with Crippen LogP contribution in [0.2, 0.25) is 0 Å². The molecule has 1 amide bonds. The van der Waals surface area contributed by atoms with Crippen molar-refractivity contribution in [3.05, 3.63) is 0 Å². The Balaban J connectivity index is 2.25. The number of carbonyl (C=O) groups is 1. The quantitative estimate of drug-likeness (QED) is 0.704. The maximum atomic E-state index is 11.2. The molecule has 1 aliphatic heterocycles. The predicted octanol–water partition coefficient (Wildman–Crippen LogP) is 0.606. The molecule has 0 aromatic carbocycles. The van der Waals surface area contributed by atoms with Crippen molar-refractivity contribution in [2.75, 3.05) is 18.6 Å². The molecule has 4 heteroatoms. The van der Waals surface area contributed by atoms with Crippen molar-refractivity contribution < 1.29 is 4.79 Å². The van der Waals surface area contributed by atoms with Gasteiger partial charge in [0.1, 0.15) is 0 Å². The molecule has 1 rings (SSSR count). The molecule has 1 heterocycles. The fourth-order valence-electron chi connectivity index (χ4n) is 1.51. The molecule has 0 spiro atoms. The first-order valence-electron chi connectivity index (χ1n) is 4.79. The molecule has 0 aromatic heterocycles. The van der Waals surface area contributed by atoms with Gasteiger partial charge in [-0.1, -0.05) is 0 Å². The van der Waals surface area contributed by atoms with Crippen LogP contribution in [0.15, 0.2) is 0 Å². The number of hydrogen-bond donors (Lipinski definition) is 2. The van der Waals surface area contributed by atoms with Crippen molar-refractivity contribution in [1.82, 2.24) is 10.6 Å². The van der Waals surface area contributed by atoms with E-state index in [0.29, 0.717) is 6.04 Å². The summed E-state index contributed by atoms with van der Waals surface area (Å²) in [6.45, 7) is 1.92. The van der Waals surface area contributed by atoms with Gasteiger partial charge < -0.3 is 10.6 Å². The summed E-state index contributed by atoms with van der Waals surface area (Å²) in [5.41, 5.74) is 0. The van der Waals surface area contributed by atoms with E-state index < -0.39 is 0 Å². The van der Waals surface area contributed by atoms with E-state index in [1.54, 1.807) is 7.05 Å². The number of likely N-dealkylation sites (N-methyl/N-ethyl adjacent to an activating group) is 1. The van der Waals surface area contributed by atoms with Gasteiger partial charge in [0, 0.05) is 13.1 Å². The Morgan fingerprint density at radius 3 is 2.62 bits per heavy atom. The van der Waals surface area contributed by atoms with Crippen LogP contribution in [0.5, 0.6) is 0 Å². The first kappa shape index (κ1) is 10.9. The molecule has 1 atom stereocenters. The largest absolute Gasteiger partial charge is 0.358 e. The van der Waals surface area contributed by atoms with Gasteiger partial charge in [-0.15, -0.1) is 0 Å². The lowest BCUT2D eigenvalue weighted by molar-refractivity contribution is -0.122. The van der Waals surface area contributed by atoms with Gasteiger partial charge in [-0.25, -0.2) is 0 Å². The molecule has 1 unspecified atom stereocenters. The summed E-state index contributed by atoms with van der Waals surface area (Å²) in [6, 6.07) is 0.478. The monoisotopic (exact) mass is 202 g/mol. The molecule has 1 fully saturated rings. The maximum Gasteiger partial charge on any atom is 0.236 e. The molecule has 0 saturated carbocycles. The van der Waals surface area contributed by atoms with Crippen LogP contribution in [0.4, 0.5) is 0 Å². The average Bonchev–Trinajstić information content (AvgIpc) is 2.18. The van der Waals surface area contributed by atoms with Crippen LogP contribution in [0.3, 0.4) is 0 Å². The standard InChI is InChI=1S/C9H18N2OS/c1-7(9(12)10-2)11-8-3-5-13-6-4-8/h7-8,11H,3-6H2,1-2H3,(H,10,12). The SMILES string of the molecule is CNC(=O)C(C)NC1CCSCC1. The number of nitrogens with one attached hydrogen (secondary N) is 2. The molecule has 0 aromatic rings. The molecular formula is C9H18N2OS. The number of thioether (sulfide) groups is 1. The zero-order valence-electron chi connectivity index (χ0n) is 8.30. The lowest BCUT2D eigenvalue weighted by Crippen LogP contribution is -2.46. The topological polar surface area (TPSA) is 41.1 Å². The molecule has 0 radical (unpaired) electrons. The van der Waals surface area contributed by atoms with E-state index in [2.05, 4.69) is 10.6 Å². The summed E-state index contributed by atoms with van der Waals surface area (Å²) in [7, 11) is 1.68. The highest BCUT2D eigenvalue weighted by Crippen LogP contribution is 2.17. The molecule has 1 aliphatic rings. The molecule has 76 valence electrons. The Hall–Kier alpha value is -0.220. The highest BCUT2D eigenvalue weighted by Gasteiger charge is 2.18. The predicted molar refractivity (Wildman–Crippen MR) is 57.0 cm³/mol. The molecule has 0 aliphatic carbocycles. The summed E-state index contributed by atoms with van der Waals surface area (Å²) >= 11 is 2.00. The third-order valence-electron chi connectivity index (χ3n) is 2.35. The normalized spacial score (nSPS) is 21.1. The molecule has 2 N–H and O–H groups in total. The third-order valence-corrected chi connectivity index (χ3v) is 3.40. The maximum absolute atomic E-state index is 11.2. The van der Waals surface area contributed by atoms with E-state index in [9.17, 15) is 4.79 Å². The van der Waals surface area contributed by atoms with Crippen molar-refractivity contribution in [2.45, 2.75) is 31.8 Å². The van der Waals surface area contributed by atoms with Gasteiger partial charge >= 0.3 is 0 Å². The number of amides is 1. The van der Waals surface area contributed by atoms with E-state index in [0.717, 1.165) is 0 Å². The zero-order chi connectivity index (χ0) is 9.68. The lowest BCUT2D eigenvalue weighted by atomic mass is 10.1. The van der Waals surface area contributed by atoms with Gasteiger partial charge in [0.25, 0.3) is 0 Å². The number of hydrogen-bond acceptors (Lipinski definition) is 3. The second-order valence-corrected chi connectivity index (χ2v) is 4.61. The van der Waals surface area contributed by atoms with Crippen LogP contribution < -0.4 is 10.6 Å². The highest BCUT2D eigenvalue weighted by molar-refractivity contribution is 7.99. The molecule has 3 nitrogen and oxygen atoms in total. The molecule has 13 heavy (non-hydrogen) atoms. The number of rotatable bonds is 3. The van der Waals surface area contributed by atoms with E-state index >= 15 is 0 Å². The Morgan fingerprint density at radius 1 is 1.46 bits per heavy atom. The first-order chi connectivity index (χ1) is 6.24. The van der Waals surface area contributed by atoms with Gasteiger partial charge in [0.2, 0.25) is 5.91 Å². The van der Waals surface area contributed by atoms with Gasteiger partial charge in [-0.05, 0) is 31.3 Å². The minimum atomic E-state index is -0.0573. The molecule has 1 saturated heterocycles. The van der Waals surface area contributed by atoms with E-state index in [1.807, 2.05) is 18.7 Å². The third kappa shape index (κ3) is 3.56. The van der Waals surface area contributed by atoms with Crippen molar-refractivity contribution in [3.63, 3.8) is 0 Å². The van der Waals surface area contributed by atoms with Crippen LogP contribution >= 0.6 is 11.8 Å². The van der Waals surface area contributed by atoms with E-state index in [1.165, 1.54) is 24.3 Å². The summed E-state index contributed by atoms with van der Waals surface area (Å²) in [5.74, 6) is 2.52. The van der Waals surface area contributed by atoms with Gasteiger partial charge in [-0.2, -0.15) is 11.8 Å². The molecular weight excluding hydrogens is 184 g/mol. The van der Waals surface area contributed by atoms with Crippen molar-refractivity contribution in [2.24, 2.45) is 0 Å². The van der Waals surface area contributed by atoms with Crippen molar-refractivity contribution in [1.29, 1.82) is 0 Å². The smallest absolute Gasteiger partial charge is 0.236 e. The summed E-state index contributed by atoms with van der Waals surface area (Å²) < 4.78 is 0. The van der Waals surface area contributed by atoms with Crippen molar-refractivity contribution in [3.8, 4) is 0 Å². The highest BCUT2D eigenvalue weighted by atomic mass is 32.2. The van der Waals surface area contributed by atoms with Gasteiger partial charge in [-0.3, -0.25) is 4.79 Å². The van der Waals surface area contributed by atoms with Gasteiger partial charge in [0.05, 0.1) is 6.04 Å². The first-order valence-corrected chi connectivity index (χ1v) is 5.95. The van der Waals surface area contributed by atoms with E-state index in [4.69, 9.17) is 0 Å². The number of carbonyl (C=O) groups excluding carboxylic acids is 1. The van der Waals surface area contributed by atoms with Crippen LogP contribution in [-0.2, 0) is 4.79 Å². The Kier molecular flexibility index (Phi) is 4.59. The lowest BCUT2D eigenvalue weighted by Gasteiger charge is -2.25. The summed E-state index contributed by atoms with van der Waals surface area (Å²) in [5, 5.41) is 5.99. The zero-order valence-corrected chi connectivity index (χ0v) is 9.12. The fraction of sp³-hybridized carbons (Fsp3) is 0.889. The second-order valence-electron chi connectivity index (χ2n) is 3.39. The minimum absolute atomic E-state index is 0.0573. The van der Waals surface area contributed by atoms with Crippen LogP contribution in [0.1, 0.15) is 19.8 Å². The average molecular weight is 202 g/mol. The summed E-state index contributed by atoms with van der Waals surface area (Å²) in [4.78, 5) is 11.2. The minimum Gasteiger partial charge on any atom is -0.358 e. The van der Waals surface area contributed by atoms with Crippen molar-refractivity contribution >= 4 is 17.7 Å². The molecule has 0 bridgehead atoms. The summed E-state index contributed by atoms with van der Waals surface area (Å²) in [6.07, 6.45) is 2.37. The Morgan fingerprint density at radius 2 is 2.08 bits per heavy atom. The Labute approximate surface area is 84.0 Å². The fourth-order valence-corrected chi connectivity index (χ4v) is 2.62. The van der Waals surface area contributed by atoms with E-state index in [-0.39, 0.29) is 11.9 Å².